The van der Waals surface area contributed by atoms with Gasteiger partial charge in [0.25, 0.3) is 5.91 Å². The molecule has 0 spiro atoms. The molecule has 9 nitrogen and oxygen atoms in total. The lowest BCUT2D eigenvalue weighted by Gasteiger charge is -2.32. The van der Waals surface area contributed by atoms with Gasteiger partial charge in [-0.2, -0.15) is 0 Å². The van der Waals surface area contributed by atoms with Crippen LogP contribution in [0.2, 0.25) is 5.02 Å². The van der Waals surface area contributed by atoms with E-state index in [9.17, 15) is 14.4 Å². The van der Waals surface area contributed by atoms with Gasteiger partial charge in [0.1, 0.15) is 11.8 Å². The topological polar surface area (TPSA) is 110 Å². The van der Waals surface area contributed by atoms with Gasteiger partial charge in [-0.25, -0.2) is 0 Å². The van der Waals surface area contributed by atoms with E-state index in [0.29, 0.717) is 29.5 Å². The summed E-state index contributed by atoms with van der Waals surface area (Å²) in [6.07, 6.45) is 3.06. The predicted molar refractivity (Wildman–Crippen MR) is 138 cm³/mol. The number of halogens is 1. The Balaban J connectivity index is 1.70. The van der Waals surface area contributed by atoms with Crippen molar-refractivity contribution in [1.82, 2.24) is 10.6 Å². The molecule has 2 unspecified atom stereocenters. The second kappa shape index (κ2) is 12.4. The molecule has 1 aromatic heterocycles. The number of hydrogen-bond donors (Lipinski definition) is 2. The Hall–Kier alpha value is -3.82. The van der Waals surface area contributed by atoms with Gasteiger partial charge in [-0.1, -0.05) is 41.9 Å². The second-order valence-electron chi connectivity index (χ2n) is 8.43. The van der Waals surface area contributed by atoms with Gasteiger partial charge < -0.3 is 24.5 Å². The van der Waals surface area contributed by atoms with Crippen LogP contribution in [0.4, 0.5) is 5.69 Å². The molecule has 1 aliphatic heterocycles. The first kappa shape index (κ1) is 26.2. The Kier molecular flexibility index (Phi) is 8.81. The normalized spacial score (nSPS) is 15.6. The molecule has 37 heavy (non-hydrogen) atoms. The molecule has 1 saturated heterocycles. The molecule has 1 fully saturated rings. The van der Waals surface area contributed by atoms with E-state index in [4.69, 9.17) is 25.5 Å². The van der Waals surface area contributed by atoms with Gasteiger partial charge in [0.2, 0.25) is 11.8 Å². The van der Waals surface area contributed by atoms with Crippen molar-refractivity contribution in [3.63, 3.8) is 0 Å². The van der Waals surface area contributed by atoms with E-state index < -0.39 is 30.3 Å². The number of carbonyl (C=O) groups is 3. The van der Waals surface area contributed by atoms with Crippen molar-refractivity contribution >= 4 is 35.0 Å². The van der Waals surface area contributed by atoms with Gasteiger partial charge in [-0.3, -0.25) is 19.3 Å². The van der Waals surface area contributed by atoms with Crippen LogP contribution in [0.1, 0.15) is 35.0 Å². The van der Waals surface area contributed by atoms with Crippen LogP contribution in [0.15, 0.2) is 71.3 Å². The molecule has 3 amide bonds. The van der Waals surface area contributed by atoms with E-state index in [1.807, 2.05) is 6.07 Å². The van der Waals surface area contributed by atoms with Crippen molar-refractivity contribution in [3.8, 4) is 5.75 Å². The molecule has 2 heterocycles. The van der Waals surface area contributed by atoms with Crippen LogP contribution in [-0.4, -0.2) is 50.6 Å². The van der Waals surface area contributed by atoms with Crippen LogP contribution in [0.25, 0.3) is 0 Å². The van der Waals surface area contributed by atoms with Crippen LogP contribution in [0.5, 0.6) is 5.75 Å². The number of rotatable bonds is 10. The van der Waals surface area contributed by atoms with Crippen molar-refractivity contribution in [3.05, 3.63) is 83.3 Å². The summed E-state index contributed by atoms with van der Waals surface area (Å²) in [6, 6.07) is 15.7. The van der Waals surface area contributed by atoms with E-state index >= 15 is 0 Å². The summed E-state index contributed by atoms with van der Waals surface area (Å²) in [5.74, 6) is -1.12. The number of hydrogen-bond acceptors (Lipinski definition) is 6. The fourth-order valence-corrected chi connectivity index (χ4v) is 4.34. The molecule has 3 aromatic rings. The molecular formula is C27H28ClN3O6. The first-order valence-corrected chi connectivity index (χ1v) is 12.3. The average Bonchev–Trinajstić information content (AvgIpc) is 3.64. The minimum atomic E-state index is -1.08. The number of methoxy groups -OCH3 is 1. The Bertz CT molecular complexity index is 1210. The maximum absolute atomic E-state index is 13.8. The highest BCUT2D eigenvalue weighted by molar-refractivity contribution is 6.31. The summed E-state index contributed by atoms with van der Waals surface area (Å²) in [5, 5.41) is 5.84. The third-order valence-electron chi connectivity index (χ3n) is 5.96. The summed E-state index contributed by atoms with van der Waals surface area (Å²) < 4.78 is 16.3. The third kappa shape index (κ3) is 6.49. The molecule has 1 aliphatic rings. The minimum Gasteiger partial charge on any atom is -0.495 e. The maximum atomic E-state index is 13.8. The highest BCUT2D eigenvalue weighted by Crippen LogP contribution is 2.37. The Morgan fingerprint density at radius 2 is 1.92 bits per heavy atom. The van der Waals surface area contributed by atoms with Gasteiger partial charge in [0.05, 0.1) is 31.7 Å². The van der Waals surface area contributed by atoms with Crippen molar-refractivity contribution in [2.24, 2.45) is 0 Å². The zero-order valence-electron chi connectivity index (χ0n) is 20.3. The lowest BCUT2D eigenvalue weighted by Crippen LogP contribution is -2.48. The van der Waals surface area contributed by atoms with Crippen molar-refractivity contribution < 1.29 is 28.3 Å². The molecule has 2 aromatic carbocycles. The number of furan rings is 1. The van der Waals surface area contributed by atoms with E-state index in [-0.39, 0.29) is 17.6 Å². The number of carbonyl (C=O) groups excluding carboxylic acids is 3. The molecule has 0 bridgehead atoms. The molecule has 2 N–H and O–H groups in total. The molecule has 10 heteroatoms. The number of amides is 3. The number of ether oxygens (including phenoxy) is 2. The molecular weight excluding hydrogens is 498 g/mol. The quantitative estimate of drug-likeness (QED) is 0.417. The van der Waals surface area contributed by atoms with Gasteiger partial charge in [0, 0.05) is 18.2 Å². The number of benzene rings is 2. The van der Waals surface area contributed by atoms with Crippen LogP contribution < -0.4 is 20.3 Å². The van der Waals surface area contributed by atoms with E-state index in [1.165, 1.54) is 24.3 Å². The van der Waals surface area contributed by atoms with Crippen LogP contribution in [0, 0.1) is 0 Å². The highest BCUT2D eigenvalue weighted by Gasteiger charge is 2.35. The van der Waals surface area contributed by atoms with Crippen molar-refractivity contribution in [2.45, 2.75) is 25.0 Å². The summed E-state index contributed by atoms with van der Waals surface area (Å²) in [5.41, 5.74) is 0.855. The van der Waals surface area contributed by atoms with Gasteiger partial charge >= 0.3 is 0 Å². The van der Waals surface area contributed by atoms with Crippen LogP contribution in [-0.2, 0) is 14.3 Å². The fraction of sp³-hybridized carbons (Fsp3) is 0.296. The highest BCUT2D eigenvalue weighted by atomic mass is 35.5. The monoisotopic (exact) mass is 525 g/mol. The molecule has 2 atom stereocenters. The Morgan fingerprint density at radius 1 is 1.11 bits per heavy atom. The SMILES string of the molecule is COc1ccc(Cl)cc1N(C(=O)CNC(=O)c1ccco1)C(C(=O)NCC1CCCO1)c1ccccc1. The maximum Gasteiger partial charge on any atom is 0.287 e. The molecule has 0 aliphatic carbocycles. The average molecular weight is 526 g/mol. The standard InChI is InChI=1S/C27H28ClN3O6/c1-35-22-12-11-19(28)15-21(22)31(24(32)17-30-26(33)23-10-6-14-37-23)25(18-7-3-2-4-8-18)27(34)29-16-20-9-5-13-36-20/h2-4,6-8,10-12,14-15,20,25H,5,9,13,16-17H2,1H3,(H,29,34)(H,30,33). The van der Waals surface area contributed by atoms with E-state index in [1.54, 1.807) is 48.5 Å². The van der Waals surface area contributed by atoms with Crippen LogP contribution >= 0.6 is 11.6 Å². The van der Waals surface area contributed by atoms with E-state index in [2.05, 4.69) is 10.6 Å². The lowest BCUT2D eigenvalue weighted by molar-refractivity contribution is -0.126. The summed E-state index contributed by atoms with van der Waals surface area (Å²) >= 11 is 6.30. The third-order valence-corrected chi connectivity index (χ3v) is 6.20. The predicted octanol–water partition coefficient (Wildman–Crippen LogP) is 3.74. The lowest BCUT2D eigenvalue weighted by atomic mass is 10.0. The van der Waals surface area contributed by atoms with Crippen molar-refractivity contribution in [1.29, 1.82) is 0 Å². The van der Waals surface area contributed by atoms with Gasteiger partial charge in [0.15, 0.2) is 5.76 Å². The van der Waals surface area contributed by atoms with Crippen molar-refractivity contribution in [2.75, 3.05) is 31.7 Å². The number of nitrogens with one attached hydrogen (secondary N) is 2. The Morgan fingerprint density at radius 3 is 2.59 bits per heavy atom. The van der Waals surface area contributed by atoms with E-state index in [0.717, 1.165) is 12.8 Å². The zero-order chi connectivity index (χ0) is 26.2. The smallest absolute Gasteiger partial charge is 0.287 e. The summed E-state index contributed by atoms with van der Waals surface area (Å²) in [6.45, 7) is 0.562. The van der Waals surface area contributed by atoms with Crippen LogP contribution in [0.3, 0.4) is 0 Å². The first-order chi connectivity index (χ1) is 18.0. The summed E-state index contributed by atoms with van der Waals surface area (Å²) in [4.78, 5) is 41.2. The second-order valence-corrected chi connectivity index (χ2v) is 8.87. The minimum absolute atomic E-state index is 0.0635. The number of anilines is 1. The molecule has 0 saturated carbocycles. The summed E-state index contributed by atoms with van der Waals surface area (Å²) in [7, 11) is 1.46. The molecule has 0 radical (unpaired) electrons. The largest absolute Gasteiger partial charge is 0.495 e. The van der Waals surface area contributed by atoms with Gasteiger partial charge in [-0.05, 0) is 48.7 Å². The fourth-order valence-electron chi connectivity index (χ4n) is 4.17. The molecule has 4 rings (SSSR count). The zero-order valence-corrected chi connectivity index (χ0v) is 21.1. The molecule has 194 valence electrons. The first-order valence-electron chi connectivity index (χ1n) is 11.9. The van der Waals surface area contributed by atoms with Gasteiger partial charge in [-0.15, -0.1) is 0 Å². The Labute approximate surface area is 219 Å². The number of nitrogens with zero attached hydrogens (tertiary/aromatic N) is 1.